The highest BCUT2D eigenvalue weighted by molar-refractivity contribution is 6.31. The third kappa shape index (κ3) is 4.39. The number of carbonyl (C=O) groups excluding carboxylic acids is 1. The zero-order valence-corrected chi connectivity index (χ0v) is 19.3. The molecule has 2 fully saturated rings. The average Bonchev–Trinajstić information content (AvgIpc) is 3.39. The van der Waals surface area contributed by atoms with Crippen LogP contribution in [0.25, 0.3) is 11.2 Å². The molecule has 2 aromatic heterocycles. The van der Waals surface area contributed by atoms with Crippen molar-refractivity contribution >= 4 is 46.3 Å². The number of halogens is 2. The van der Waals surface area contributed by atoms with E-state index in [9.17, 15) is 14.3 Å². The molecule has 1 aromatic carbocycles. The molecular weight excluding hydrogens is 461 g/mol. The van der Waals surface area contributed by atoms with Gasteiger partial charge in [0.05, 0.1) is 29.1 Å². The van der Waals surface area contributed by atoms with E-state index in [-0.39, 0.29) is 34.6 Å². The van der Waals surface area contributed by atoms with Crippen LogP contribution in [-0.4, -0.2) is 42.7 Å². The number of amides is 1. The number of aliphatic hydroxyl groups excluding tert-OH is 1. The Bertz CT molecular complexity index is 1210. The Morgan fingerprint density at radius 2 is 1.97 bits per heavy atom. The van der Waals surface area contributed by atoms with Crippen molar-refractivity contribution in [3.63, 3.8) is 0 Å². The van der Waals surface area contributed by atoms with Crippen LogP contribution in [0.4, 0.5) is 22.0 Å². The fourth-order valence-corrected chi connectivity index (χ4v) is 5.18. The van der Waals surface area contributed by atoms with Gasteiger partial charge in [-0.2, -0.15) is 4.98 Å². The van der Waals surface area contributed by atoms with Gasteiger partial charge in [-0.25, -0.2) is 14.4 Å². The summed E-state index contributed by atoms with van der Waals surface area (Å²) < 4.78 is 16.6. The highest BCUT2D eigenvalue weighted by Gasteiger charge is 2.30. The third-order valence-corrected chi connectivity index (χ3v) is 7.18. The fraction of sp³-hybridized carbons (Fsp3) is 0.478. The number of nitrogens with zero attached hydrogens (tertiary/aromatic N) is 4. The van der Waals surface area contributed by atoms with Crippen molar-refractivity contribution in [3.8, 4) is 0 Å². The topological polar surface area (TPSA) is 131 Å². The molecule has 34 heavy (non-hydrogen) atoms. The van der Waals surface area contributed by atoms with Gasteiger partial charge in [-0.1, -0.05) is 17.7 Å². The van der Waals surface area contributed by atoms with Gasteiger partial charge in [0, 0.05) is 12.0 Å². The maximum absolute atomic E-state index is 14.6. The van der Waals surface area contributed by atoms with E-state index in [0.717, 1.165) is 19.3 Å². The maximum atomic E-state index is 14.6. The largest absolute Gasteiger partial charge is 0.391 e. The lowest BCUT2D eigenvalue weighted by Gasteiger charge is -2.29. The molecule has 3 aromatic rings. The molecule has 2 aliphatic carbocycles. The van der Waals surface area contributed by atoms with Crippen LogP contribution in [0.5, 0.6) is 0 Å². The van der Waals surface area contributed by atoms with Gasteiger partial charge in [0.2, 0.25) is 17.8 Å². The number of fused-ring (bicyclic) bond motifs is 1. The minimum absolute atomic E-state index is 0.00911. The molecule has 1 unspecified atom stereocenters. The first-order valence-electron chi connectivity index (χ1n) is 11.6. The van der Waals surface area contributed by atoms with Gasteiger partial charge in [0.1, 0.15) is 5.52 Å². The molecule has 0 bridgehead atoms. The highest BCUT2D eigenvalue weighted by Crippen LogP contribution is 2.37. The summed E-state index contributed by atoms with van der Waals surface area (Å²) in [6, 6.07) is 4.63. The molecule has 2 heterocycles. The number of hydrogen-bond acceptors (Lipinski definition) is 7. The van der Waals surface area contributed by atoms with E-state index >= 15 is 0 Å². The molecule has 0 spiro atoms. The van der Waals surface area contributed by atoms with Crippen molar-refractivity contribution in [1.82, 2.24) is 19.5 Å². The minimum Gasteiger partial charge on any atom is -0.391 e. The molecule has 1 amide bonds. The summed E-state index contributed by atoms with van der Waals surface area (Å²) in [5.41, 5.74) is 6.87. The van der Waals surface area contributed by atoms with Crippen LogP contribution in [0.15, 0.2) is 24.4 Å². The smallest absolute Gasteiger partial charge is 0.225 e. The van der Waals surface area contributed by atoms with Gasteiger partial charge in [0.15, 0.2) is 11.5 Å². The number of hydrogen-bond donors (Lipinski definition) is 4. The molecule has 0 radical (unpaired) electrons. The van der Waals surface area contributed by atoms with Gasteiger partial charge >= 0.3 is 0 Å². The summed E-state index contributed by atoms with van der Waals surface area (Å²) in [5, 5.41) is 16.5. The van der Waals surface area contributed by atoms with Crippen LogP contribution in [0.1, 0.15) is 51.0 Å². The number of primary amides is 1. The molecule has 2 aliphatic rings. The van der Waals surface area contributed by atoms with Crippen LogP contribution in [-0.2, 0) is 4.79 Å². The Kier molecular flexibility index (Phi) is 6.26. The van der Waals surface area contributed by atoms with Crippen molar-refractivity contribution in [2.45, 2.75) is 63.1 Å². The first kappa shape index (κ1) is 22.8. The van der Waals surface area contributed by atoms with Gasteiger partial charge in [-0.15, -0.1) is 0 Å². The fourth-order valence-electron chi connectivity index (χ4n) is 5.01. The van der Waals surface area contributed by atoms with E-state index in [1.54, 1.807) is 18.3 Å². The van der Waals surface area contributed by atoms with Gasteiger partial charge in [-0.3, -0.25) is 9.36 Å². The summed E-state index contributed by atoms with van der Waals surface area (Å²) in [4.78, 5) is 25.4. The predicted molar refractivity (Wildman–Crippen MR) is 127 cm³/mol. The zero-order chi connectivity index (χ0) is 23.8. The lowest BCUT2D eigenvalue weighted by Crippen LogP contribution is -2.29. The third-order valence-electron chi connectivity index (χ3n) is 6.89. The summed E-state index contributed by atoms with van der Waals surface area (Å²) in [5.74, 6) is -0.165. The van der Waals surface area contributed by atoms with Crippen LogP contribution >= 0.6 is 11.6 Å². The summed E-state index contributed by atoms with van der Waals surface area (Å²) >= 11 is 5.97. The molecule has 2 saturated carbocycles. The molecule has 2 atom stereocenters. The number of benzene rings is 1. The lowest BCUT2D eigenvalue weighted by molar-refractivity contribution is -0.122. The normalized spacial score (nSPS) is 24.9. The molecule has 9 nitrogen and oxygen atoms in total. The second kappa shape index (κ2) is 9.34. The van der Waals surface area contributed by atoms with Gasteiger partial charge in [0.25, 0.3) is 0 Å². The van der Waals surface area contributed by atoms with Crippen molar-refractivity contribution in [2.75, 3.05) is 10.6 Å². The number of rotatable bonds is 6. The van der Waals surface area contributed by atoms with Crippen molar-refractivity contribution < 1.29 is 14.3 Å². The lowest BCUT2D eigenvalue weighted by atomic mass is 9.85. The first-order valence-corrected chi connectivity index (χ1v) is 12.0. The molecule has 0 saturated heterocycles. The van der Waals surface area contributed by atoms with Gasteiger partial charge in [-0.05, 0) is 57.1 Å². The quantitative estimate of drug-likeness (QED) is 0.414. The number of nitrogens with one attached hydrogen (secondary N) is 2. The Morgan fingerprint density at radius 3 is 2.68 bits per heavy atom. The van der Waals surface area contributed by atoms with E-state index in [1.165, 1.54) is 6.07 Å². The number of imidazole rings is 1. The monoisotopic (exact) mass is 487 g/mol. The van der Waals surface area contributed by atoms with E-state index in [4.69, 9.17) is 22.3 Å². The molecule has 11 heteroatoms. The van der Waals surface area contributed by atoms with E-state index in [1.807, 2.05) is 4.57 Å². The molecule has 5 N–H and O–H groups in total. The highest BCUT2D eigenvalue weighted by atomic mass is 35.5. The predicted octanol–water partition coefficient (Wildman–Crippen LogP) is 3.90. The average molecular weight is 488 g/mol. The Balaban J connectivity index is 1.52. The number of aromatic nitrogens is 4. The standard InChI is InChI=1S/C23H27ClFN7O2/c24-14-3-1-5-16(19(14)25)29-23-30-17-11-27-22(28-15-4-2-6-18(15)33)31-21(17)32(23)13-9-7-12(8-10-13)20(26)34/h1,3,5,11-13,15,18,33H,2,4,6-10H2,(H2,26,34)(H,29,30)(H,27,28,31)/t12?,13?,15?,18-/m1/s1. The van der Waals surface area contributed by atoms with Crippen LogP contribution in [0, 0.1) is 11.7 Å². The zero-order valence-electron chi connectivity index (χ0n) is 18.5. The van der Waals surface area contributed by atoms with E-state index in [0.29, 0.717) is 48.7 Å². The van der Waals surface area contributed by atoms with Crippen molar-refractivity contribution in [1.29, 1.82) is 0 Å². The van der Waals surface area contributed by atoms with Crippen LogP contribution in [0.3, 0.4) is 0 Å². The van der Waals surface area contributed by atoms with E-state index in [2.05, 4.69) is 20.6 Å². The second-order valence-electron chi connectivity index (χ2n) is 9.09. The molecule has 0 aliphatic heterocycles. The number of aliphatic hydroxyl groups is 1. The number of nitrogens with two attached hydrogens (primary N) is 1. The van der Waals surface area contributed by atoms with Crippen molar-refractivity contribution in [2.24, 2.45) is 11.7 Å². The van der Waals surface area contributed by atoms with Crippen LogP contribution in [0.2, 0.25) is 5.02 Å². The Labute approximate surface area is 200 Å². The molecular formula is C23H27ClFN7O2. The molecule has 5 rings (SSSR count). The van der Waals surface area contributed by atoms with Crippen LogP contribution < -0.4 is 16.4 Å². The Morgan fingerprint density at radius 1 is 1.18 bits per heavy atom. The number of anilines is 3. The summed E-state index contributed by atoms with van der Waals surface area (Å²) in [6.45, 7) is 0. The van der Waals surface area contributed by atoms with E-state index < -0.39 is 11.9 Å². The second-order valence-corrected chi connectivity index (χ2v) is 9.50. The Hall–Kier alpha value is -2.98. The minimum atomic E-state index is -0.566. The SMILES string of the molecule is NC(=O)C1CCC(n2c(Nc3cccc(Cl)c3F)nc3cnc(NC4CCC[C@H]4O)nc32)CC1. The number of carbonyl (C=O) groups is 1. The first-order chi connectivity index (χ1) is 16.4. The van der Waals surface area contributed by atoms with Gasteiger partial charge < -0.3 is 21.5 Å². The van der Waals surface area contributed by atoms with Crippen molar-refractivity contribution in [3.05, 3.63) is 35.2 Å². The summed E-state index contributed by atoms with van der Waals surface area (Å²) in [6.07, 6.45) is 6.47. The molecule has 180 valence electrons. The summed E-state index contributed by atoms with van der Waals surface area (Å²) in [7, 11) is 0. The maximum Gasteiger partial charge on any atom is 0.225 e.